The van der Waals surface area contributed by atoms with E-state index in [1.807, 2.05) is 6.92 Å². The second-order valence-corrected chi connectivity index (χ2v) is 3.47. The number of rotatable bonds is 4. The van der Waals surface area contributed by atoms with Crippen LogP contribution >= 0.6 is 0 Å². The minimum atomic E-state index is -0.452. The van der Waals surface area contributed by atoms with Gasteiger partial charge < -0.3 is 11.1 Å². The number of hydrogen-bond acceptors (Lipinski definition) is 2. The molecule has 0 saturated heterocycles. The van der Waals surface area contributed by atoms with Crippen LogP contribution in [0, 0.1) is 12.7 Å². The lowest BCUT2D eigenvalue weighted by Crippen LogP contribution is -2.34. The molecule has 1 rings (SSSR count). The zero-order chi connectivity index (χ0) is 11.4. The van der Waals surface area contributed by atoms with Gasteiger partial charge in [-0.15, -0.1) is 0 Å². The van der Waals surface area contributed by atoms with Crippen molar-refractivity contribution in [2.45, 2.75) is 26.3 Å². The van der Waals surface area contributed by atoms with Crippen LogP contribution in [-0.2, 0) is 4.79 Å². The molecule has 0 aromatic heterocycles. The number of amides is 1. The summed E-state index contributed by atoms with van der Waals surface area (Å²) in [5, 5.41) is 2.88. The third-order valence-corrected chi connectivity index (χ3v) is 2.26. The zero-order valence-corrected chi connectivity index (χ0v) is 8.88. The summed E-state index contributed by atoms with van der Waals surface area (Å²) in [5.41, 5.74) is 6.32. The number of benzene rings is 1. The molecule has 0 radical (unpaired) electrons. The van der Waals surface area contributed by atoms with Gasteiger partial charge in [-0.2, -0.15) is 0 Å². The van der Waals surface area contributed by atoms with E-state index in [2.05, 4.69) is 5.32 Å². The molecule has 1 unspecified atom stereocenters. The van der Waals surface area contributed by atoms with Gasteiger partial charge in [0.25, 0.3) is 0 Å². The first-order valence-electron chi connectivity index (χ1n) is 4.86. The first-order chi connectivity index (χ1) is 7.04. The average molecular weight is 210 g/mol. The van der Waals surface area contributed by atoms with Crippen molar-refractivity contribution in [1.82, 2.24) is 0 Å². The minimum absolute atomic E-state index is 0.292. The zero-order valence-electron chi connectivity index (χ0n) is 8.88. The molecule has 82 valence electrons. The largest absolute Gasteiger partial charge is 0.374 e. The average Bonchev–Trinajstić information content (AvgIpc) is 2.19. The normalized spacial score (nSPS) is 12.2. The lowest BCUT2D eigenvalue weighted by atomic mass is 10.1. The number of anilines is 1. The van der Waals surface area contributed by atoms with Crippen LogP contribution < -0.4 is 11.1 Å². The van der Waals surface area contributed by atoms with Gasteiger partial charge in [-0.25, -0.2) is 4.39 Å². The van der Waals surface area contributed by atoms with Gasteiger partial charge in [0.15, 0.2) is 0 Å². The number of nitrogens with one attached hydrogen (secondary N) is 1. The van der Waals surface area contributed by atoms with Crippen LogP contribution in [0.1, 0.15) is 18.9 Å². The van der Waals surface area contributed by atoms with E-state index in [9.17, 15) is 9.18 Å². The van der Waals surface area contributed by atoms with E-state index in [0.717, 1.165) is 0 Å². The third-order valence-electron chi connectivity index (χ3n) is 2.26. The molecule has 3 nitrogen and oxygen atoms in total. The second-order valence-electron chi connectivity index (χ2n) is 3.47. The smallest absolute Gasteiger partial charge is 0.239 e. The molecule has 1 amide bonds. The first-order valence-corrected chi connectivity index (χ1v) is 4.86. The van der Waals surface area contributed by atoms with Crippen molar-refractivity contribution in [1.29, 1.82) is 0 Å². The molecule has 1 aromatic rings. The van der Waals surface area contributed by atoms with Crippen LogP contribution in [-0.4, -0.2) is 11.9 Å². The maximum absolute atomic E-state index is 13.2. The van der Waals surface area contributed by atoms with Gasteiger partial charge in [-0.05, 0) is 31.0 Å². The number of nitrogens with two attached hydrogens (primary N) is 1. The Labute approximate surface area is 88.5 Å². The monoisotopic (exact) mass is 210 g/mol. The Morgan fingerprint density at radius 3 is 2.73 bits per heavy atom. The van der Waals surface area contributed by atoms with Gasteiger partial charge in [-0.1, -0.05) is 13.0 Å². The van der Waals surface area contributed by atoms with E-state index in [-0.39, 0.29) is 5.82 Å². The van der Waals surface area contributed by atoms with E-state index in [1.54, 1.807) is 19.1 Å². The van der Waals surface area contributed by atoms with Crippen molar-refractivity contribution >= 4 is 11.6 Å². The summed E-state index contributed by atoms with van der Waals surface area (Å²) in [4.78, 5) is 11.0. The Balaban J connectivity index is 2.80. The topological polar surface area (TPSA) is 55.1 Å². The van der Waals surface area contributed by atoms with Crippen molar-refractivity contribution in [3.05, 3.63) is 29.6 Å². The molecule has 0 bridgehead atoms. The van der Waals surface area contributed by atoms with E-state index >= 15 is 0 Å². The molecular weight excluding hydrogens is 195 g/mol. The second kappa shape index (κ2) is 4.77. The van der Waals surface area contributed by atoms with Crippen LogP contribution in [0.2, 0.25) is 0 Å². The van der Waals surface area contributed by atoms with E-state index in [4.69, 9.17) is 5.73 Å². The fraction of sp³-hybridized carbons (Fsp3) is 0.364. The third kappa shape index (κ3) is 2.94. The summed E-state index contributed by atoms with van der Waals surface area (Å²) in [6.45, 7) is 3.53. The first kappa shape index (κ1) is 11.5. The molecule has 1 aromatic carbocycles. The van der Waals surface area contributed by atoms with Crippen LogP contribution in [0.15, 0.2) is 18.2 Å². The van der Waals surface area contributed by atoms with Gasteiger partial charge in [0.05, 0.1) is 0 Å². The summed E-state index contributed by atoms with van der Waals surface area (Å²) < 4.78 is 13.2. The molecule has 1 atom stereocenters. The number of primary amides is 1. The summed E-state index contributed by atoms with van der Waals surface area (Å²) in [6.07, 6.45) is 0.574. The summed E-state index contributed by atoms with van der Waals surface area (Å²) in [5.74, 6) is -0.724. The Bertz CT molecular complexity index is 366. The van der Waals surface area contributed by atoms with Crippen LogP contribution in [0.5, 0.6) is 0 Å². The van der Waals surface area contributed by atoms with Gasteiger partial charge >= 0.3 is 0 Å². The van der Waals surface area contributed by atoms with Crippen molar-refractivity contribution in [2.24, 2.45) is 5.73 Å². The lowest BCUT2D eigenvalue weighted by molar-refractivity contribution is -0.118. The summed E-state index contributed by atoms with van der Waals surface area (Å²) in [6, 6.07) is 4.29. The molecule has 0 aliphatic carbocycles. The fourth-order valence-electron chi connectivity index (χ4n) is 1.26. The highest BCUT2D eigenvalue weighted by Gasteiger charge is 2.12. The Hall–Kier alpha value is -1.58. The number of hydrogen-bond donors (Lipinski definition) is 2. The number of aryl methyl sites for hydroxylation is 1. The van der Waals surface area contributed by atoms with Gasteiger partial charge in [-0.3, -0.25) is 4.79 Å². The van der Waals surface area contributed by atoms with Gasteiger partial charge in [0, 0.05) is 5.69 Å². The Kier molecular flexibility index (Phi) is 3.66. The molecule has 15 heavy (non-hydrogen) atoms. The Morgan fingerprint density at radius 2 is 2.27 bits per heavy atom. The van der Waals surface area contributed by atoms with Crippen LogP contribution in [0.3, 0.4) is 0 Å². The maximum atomic E-state index is 13.2. The Morgan fingerprint density at radius 1 is 1.60 bits per heavy atom. The van der Waals surface area contributed by atoms with Crippen molar-refractivity contribution in [3.8, 4) is 0 Å². The summed E-state index contributed by atoms with van der Waals surface area (Å²) >= 11 is 0. The molecule has 0 spiro atoms. The molecule has 0 saturated carbocycles. The van der Waals surface area contributed by atoms with Crippen molar-refractivity contribution < 1.29 is 9.18 Å². The van der Waals surface area contributed by atoms with E-state index in [1.165, 1.54) is 6.07 Å². The number of carbonyl (C=O) groups is 1. The quantitative estimate of drug-likeness (QED) is 0.796. The molecule has 0 fully saturated rings. The molecule has 0 aliphatic rings. The van der Waals surface area contributed by atoms with E-state index < -0.39 is 11.9 Å². The molecular formula is C11H15FN2O. The molecule has 3 N–H and O–H groups in total. The van der Waals surface area contributed by atoms with Gasteiger partial charge in [0.2, 0.25) is 5.91 Å². The molecule has 0 heterocycles. The standard InChI is InChI=1S/C11H15FN2O/c1-3-10(11(13)15)14-8-5-4-7(2)9(12)6-8/h4-6,10,14H,3H2,1-2H3,(H2,13,15). The predicted octanol–water partition coefficient (Wildman–Crippen LogP) is 1.81. The molecule has 0 aliphatic heterocycles. The SMILES string of the molecule is CCC(Nc1ccc(C)c(F)c1)C(N)=O. The molecule has 4 heteroatoms. The fourth-order valence-corrected chi connectivity index (χ4v) is 1.26. The summed E-state index contributed by atoms with van der Waals surface area (Å²) in [7, 11) is 0. The van der Waals surface area contributed by atoms with Crippen LogP contribution in [0.4, 0.5) is 10.1 Å². The van der Waals surface area contributed by atoms with E-state index in [0.29, 0.717) is 17.7 Å². The van der Waals surface area contributed by atoms with Crippen LogP contribution in [0.25, 0.3) is 0 Å². The predicted molar refractivity (Wildman–Crippen MR) is 58.0 cm³/mol. The maximum Gasteiger partial charge on any atom is 0.239 e. The lowest BCUT2D eigenvalue weighted by Gasteiger charge is -2.14. The highest BCUT2D eigenvalue weighted by atomic mass is 19.1. The number of carbonyl (C=O) groups excluding carboxylic acids is 1. The minimum Gasteiger partial charge on any atom is -0.374 e. The van der Waals surface area contributed by atoms with Gasteiger partial charge in [0.1, 0.15) is 11.9 Å². The highest BCUT2D eigenvalue weighted by molar-refractivity contribution is 5.82. The highest BCUT2D eigenvalue weighted by Crippen LogP contribution is 2.15. The number of halogens is 1. The van der Waals surface area contributed by atoms with Crippen molar-refractivity contribution in [2.75, 3.05) is 5.32 Å². The van der Waals surface area contributed by atoms with Crippen molar-refractivity contribution in [3.63, 3.8) is 0 Å².